The fraction of sp³-hybridized carbons (Fsp3) is 0.875. The van der Waals surface area contributed by atoms with Crippen LogP contribution >= 0.6 is 0 Å². The van der Waals surface area contributed by atoms with Crippen molar-refractivity contribution in [3.63, 3.8) is 0 Å². The van der Waals surface area contributed by atoms with Crippen molar-refractivity contribution in [3.8, 4) is 0 Å². The number of carbonyl (C=O) groups excluding carboxylic acids is 1. The molecule has 0 spiro atoms. The first-order valence-corrected chi connectivity index (χ1v) is 8.34. The number of hydrogen-bond acceptors (Lipinski definition) is 2. The number of nitrogens with one attached hydrogen (secondary N) is 1. The molecule has 0 aromatic rings. The van der Waals surface area contributed by atoms with Gasteiger partial charge in [-0.3, -0.25) is 4.79 Å². The lowest BCUT2D eigenvalue weighted by Crippen LogP contribution is -2.55. The lowest BCUT2D eigenvalue weighted by atomic mass is 9.79. The van der Waals surface area contributed by atoms with E-state index >= 15 is 0 Å². The summed E-state index contributed by atoms with van der Waals surface area (Å²) in [6, 6.07) is 0. The second kappa shape index (κ2) is 7.09. The minimum atomic E-state index is -4.15. The van der Waals surface area contributed by atoms with E-state index in [4.69, 9.17) is 0 Å². The molecule has 0 aromatic carbocycles. The van der Waals surface area contributed by atoms with Crippen LogP contribution in [0, 0.1) is 11.8 Å². The van der Waals surface area contributed by atoms with E-state index in [1.807, 2.05) is 0 Å². The van der Waals surface area contributed by atoms with Crippen LogP contribution in [0.4, 0.5) is 13.2 Å². The van der Waals surface area contributed by atoms with Crippen LogP contribution in [0.2, 0.25) is 0 Å². The first kappa shape index (κ1) is 18.1. The first-order chi connectivity index (χ1) is 10.7. The lowest BCUT2D eigenvalue weighted by molar-refractivity contribution is -0.184. The van der Waals surface area contributed by atoms with Crippen LogP contribution in [-0.4, -0.2) is 28.7 Å². The average Bonchev–Trinajstić information content (AvgIpc) is 2.47. The third kappa shape index (κ3) is 4.61. The van der Waals surface area contributed by atoms with E-state index in [9.17, 15) is 27.9 Å². The van der Waals surface area contributed by atoms with Gasteiger partial charge in [0, 0.05) is 6.42 Å². The monoisotopic (exact) mass is 335 g/mol. The number of rotatable bonds is 4. The van der Waals surface area contributed by atoms with E-state index in [0.29, 0.717) is 25.7 Å². The van der Waals surface area contributed by atoms with Gasteiger partial charge in [0.25, 0.3) is 0 Å². The highest BCUT2D eigenvalue weighted by Gasteiger charge is 2.43. The molecule has 7 heteroatoms. The lowest BCUT2D eigenvalue weighted by Gasteiger charge is -2.35. The van der Waals surface area contributed by atoms with Gasteiger partial charge in [-0.15, -0.1) is 0 Å². The summed E-state index contributed by atoms with van der Waals surface area (Å²) < 4.78 is 37.9. The molecule has 2 rings (SSSR count). The number of hydrogen-bond donors (Lipinski definition) is 2. The summed E-state index contributed by atoms with van der Waals surface area (Å²) in [5.41, 5.74) is -1.18. The zero-order chi connectivity index (χ0) is 17.1. The Kier molecular flexibility index (Phi) is 5.57. The smallest absolute Gasteiger partial charge is 0.391 e. The maximum absolute atomic E-state index is 12.6. The van der Waals surface area contributed by atoms with Crippen LogP contribution in [0.25, 0.3) is 0 Å². The molecular weight excluding hydrogens is 311 g/mol. The molecular formula is C16H24F3NO3. The topological polar surface area (TPSA) is 66.4 Å². The maximum atomic E-state index is 12.6. The highest BCUT2D eigenvalue weighted by Crippen LogP contribution is 2.40. The van der Waals surface area contributed by atoms with E-state index < -0.39 is 23.6 Å². The predicted molar refractivity (Wildman–Crippen MR) is 77.7 cm³/mol. The highest BCUT2D eigenvalue weighted by molar-refractivity contribution is 5.87. The van der Waals surface area contributed by atoms with Gasteiger partial charge in [0.15, 0.2) is 0 Å². The van der Waals surface area contributed by atoms with Crippen LogP contribution in [0.1, 0.15) is 64.2 Å². The Bertz CT molecular complexity index is 436. The SMILES string of the molecule is O=C(CC1CCC(C(F)(F)F)CC1)NC1(C(=O)O)CCCCC1. The molecule has 2 saturated carbocycles. The molecule has 0 aliphatic heterocycles. The molecule has 0 heterocycles. The van der Waals surface area contributed by atoms with Crippen LogP contribution in [0.3, 0.4) is 0 Å². The Labute approximate surface area is 133 Å². The Morgan fingerprint density at radius 2 is 1.61 bits per heavy atom. The van der Waals surface area contributed by atoms with Gasteiger partial charge in [0.05, 0.1) is 5.92 Å². The highest BCUT2D eigenvalue weighted by atomic mass is 19.4. The van der Waals surface area contributed by atoms with Crippen molar-refractivity contribution in [1.82, 2.24) is 5.32 Å². The normalized spacial score (nSPS) is 28.1. The molecule has 2 aliphatic carbocycles. The van der Waals surface area contributed by atoms with Crippen LogP contribution < -0.4 is 5.32 Å². The summed E-state index contributed by atoms with van der Waals surface area (Å²) in [6.45, 7) is 0. The summed E-state index contributed by atoms with van der Waals surface area (Å²) in [5, 5.41) is 12.1. The quantitative estimate of drug-likeness (QED) is 0.824. The van der Waals surface area contributed by atoms with Gasteiger partial charge in [-0.05, 0) is 44.4 Å². The zero-order valence-corrected chi connectivity index (χ0v) is 13.1. The van der Waals surface area contributed by atoms with Crippen molar-refractivity contribution in [2.45, 2.75) is 75.9 Å². The van der Waals surface area contributed by atoms with E-state index in [0.717, 1.165) is 19.3 Å². The molecule has 0 unspecified atom stereocenters. The Balaban J connectivity index is 1.84. The van der Waals surface area contributed by atoms with Crippen LogP contribution in [0.15, 0.2) is 0 Å². The average molecular weight is 335 g/mol. The van der Waals surface area contributed by atoms with Gasteiger partial charge in [0.1, 0.15) is 5.54 Å². The van der Waals surface area contributed by atoms with Gasteiger partial charge >= 0.3 is 12.1 Å². The number of aliphatic carboxylic acids is 1. The minimum Gasteiger partial charge on any atom is -0.480 e. The first-order valence-electron chi connectivity index (χ1n) is 8.34. The third-order valence-corrected chi connectivity index (χ3v) is 5.28. The molecule has 0 atom stereocenters. The fourth-order valence-corrected chi connectivity index (χ4v) is 3.82. The molecule has 4 nitrogen and oxygen atoms in total. The summed E-state index contributed by atoms with van der Waals surface area (Å²) in [5.74, 6) is -2.69. The molecule has 23 heavy (non-hydrogen) atoms. The molecule has 2 fully saturated rings. The number of halogens is 3. The van der Waals surface area contributed by atoms with Crippen molar-refractivity contribution in [1.29, 1.82) is 0 Å². The summed E-state index contributed by atoms with van der Waals surface area (Å²) in [7, 11) is 0. The van der Waals surface area contributed by atoms with E-state index in [2.05, 4.69) is 5.32 Å². The molecule has 0 aromatic heterocycles. The van der Waals surface area contributed by atoms with Gasteiger partial charge in [-0.2, -0.15) is 13.2 Å². The van der Waals surface area contributed by atoms with Gasteiger partial charge < -0.3 is 10.4 Å². The molecule has 2 aliphatic rings. The zero-order valence-electron chi connectivity index (χ0n) is 13.1. The Morgan fingerprint density at radius 3 is 2.09 bits per heavy atom. The Morgan fingerprint density at radius 1 is 1.04 bits per heavy atom. The molecule has 0 saturated heterocycles. The van der Waals surface area contributed by atoms with Crippen molar-refractivity contribution in [2.24, 2.45) is 11.8 Å². The van der Waals surface area contributed by atoms with Crippen molar-refractivity contribution in [3.05, 3.63) is 0 Å². The summed E-state index contributed by atoms with van der Waals surface area (Å²) in [6.07, 6.45) is 0.192. The molecule has 132 valence electrons. The second-order valence-corrected chi connectivity index (χ2v) is 6.96. The van der Waals surface area contributed by atoms with Gasteiger partial charge in [-0.25, -0.2) is 4.79 Å². The Hall–Kier alpha value is -1.27. The van der Waals surface area contributed by atoms with E-state index in [1.165, 1.54) is 0 Å². The van der Waals surface area contributed by atoms with Crippen LogP contribution in [-0.2, 0) is 9.59 Å². The van der Waals surface area contributed by atoms with E-state index in [1.54, 1.807) is 0 Å². The number of carbonyl (C=O) groups is 2. The molecule has 2 N–H and O–H groups in total. The van der Waals surface area contributed by atoms with Crippen molar-refractivity contribution >= 4 is 11.9 Å². The molecule has 1 amide bonds. The third-order valence-electron chi connectivity index (χ3n) is 5.28. The van der Waals surface area contributed by atoms with E-state index in [-0.39, 0.29) is 31.1 Å². The summed E-state index contributed by atoms with van der Waals surface area (Å²) >= 11 is 0. The predicted octanol–water partition coefficient (Wildman–Crippen LogP) is 3.65. The molecule has 0 bridgehead atoms. The van der Waals surface area contributed by atoms with Crippen molar-refractivity contribution in [2.75, 3.05) is 0 Å². The number of alkyl halides is 3. The standard InChI is InChI=1S/C16H24F3NO3/c17-16(18,19)12-6-4-11(5-7-12)10-13(21)20-15(14(22)23)8-2-1-3-9-15/h11-12H,1-10H2,(H,20,21)(H,22,23). The largest absolute Gasteiger partial charge is 0.480 e. The fourth-order valence-electron chi connectivity index (χ4n) is 3.82. The minimum absolute atomic E-state index is 0.0610. The van der Waals surface area contributed by atoms with Crippen LogP contribution in [0.5, 0.6) is 0 Å². The second-order valence-electron chi connectivity index (χ2n) is 6.96. The van der Waals surface area contributed by atoms with Gasteiger partial charge in [0.2, 0.25) is 5.91 Å². The summed E-state index contributed by atoms with van der Waals surface area (Å²) in [4.78, 5) is 23.7. The number of carboxylic acids is 1. The maximum Gasteiger partial charge on any atom is 0.391 e. The number of amides is 1. The van der Waals surface area contributed by atoms with Gasteiger partial charge in [-0.1, -0.05) is 19.3 Å². The van der Waals surface area contributed by atoms with Crippen molar-refractivity contribution < 1.29 is 27.9 Å². The molecule has 0 radical (unpaired) electrons. The number of carboxylic acid groups (broad SMARTS) is 1.